The van der Waals surface area contributed by atoms with E-state index < -0.39 is 0 Å². The third-order valence-electron chi connectivity index (χ3n) is 2.62. The topological polar surface area (TPSA) is 21.3 Å². The van der Waals surface area contributed by atoms with E-state index in [-0.39, 0.29) is 6.10 Å². The van der Waals surface area contributed by atoms with E-state index in [2.05, 4.69) is 44.3 Å². The highest BCUT2D eigenvalue weighted by Gasteiger charge is 2.05. The van der Waals surface area contributed by atoms with Gasteiger partial charge in [-0.25, -0.2) is 0 Å². The Kier molecular flexibility index (Phi) is 5.94. The van der Waals surface area contributed by atoms with E-state index in [1.165, 1.54) is 5.56 Å². The Bertz CT molecular complexity index is 299. The SMILES string of the molecule is CCCNCc1ccccc1OC(C)CC. The summed E-state index contributed by atoms with van der Waals surface area (Å²) in [7, 11) is 0. The first-order valence-corrected chi connectivity index (χ1v) is 6.23. The molecular weight excluding hydrogens is 198 g/mol. The quantitative estimate of drug-likeness (QED) is 0.713. The molecule has 0 aromatic heterocycles. The Morgan fingerprint density at radius 1 is 1.25 bits per heavy atom. The van der Waals surface area contributed by atoms with Crippen molar-refractivity contribution in [2.75, 3.05) is 6.54 Å². The van der Waals surface area contributed by atoms with Crippen LogP contribution >= 0.6 is 0 Å². The van der Waals surface area contributed by atoms with Gasteiger partial charge in [-0.3, -0.25) is 0 Å². The van der Waals surface area contributed by atoms with Crippen molar-refractivity contribution in [1.29, 1.82) is 0 Å². The van der Waals surface area contributed by atoms with Gasteiger partial charge in [0.2, 0.25) is 0 Å². The molecule has 0 bridgehead atoms. The predicted molar refractivity (Wildman–Crippen MR) is 68.8 cm³/mol. The molecule has 0 aliphatic rings. The molecule has 0 spiro atoms. The first-order valence-electron chi connectivity index (χ1n) is 6.23. The second kappa shape index (κ2) is 7.29. The lowest BCUT2D eigenvalue weighted by atomic mass is 10.2. The van der Waals surface area contributed by atoms with Gasteiger partial charge in [0.25, 0.3) is 0 Å². The molecule has 1 aromatic carbocycles. The number of ether oxygens (including phenoxy) is 1. The lowest BCUT2D eigenvalue weighted by molar-refractivity contribution is 0.215. The average molecular weight is 221 g/mol. The van der Waals surface area contributed by atoms with Crippen LogP contribution in [0.1, 0.15) is 39.2 Å². The van der Waals surface area contributed by atoms with Crippen molar-refractivity contribution in [3.05, 3.63) is 29.8 Å². The van der Waals surface area contributed by atoms with Gasteiger partial charge in [0.1, 0.15) is 5.75 Å². The molecule has 0 amide bonds. The predicted octanol–water partition coefficient (Wildman–Crippen LogP) is 3.36. The number of rotatable bonds is 7. The summed E-state index contributed by atoms with van der Waals surface area (Å²) in [6.45, 7) is 8.37. The van der Waals surface area contributed by atoms with Gasteiger partial charge in [-0.2, -0.15) is 0 Å². The van der Waals surface area contributed by atoms with Gasteiger partial charge >= 0.3 is 0 Å². The van der Waals surface area contributed by atoms with Crippen molar-refractivity contribution in [3.8, 4) is 5.75 Å². The molecule has 0 saturated carbocycles. The summed E-state index contributed by atoms with van der Waals surface area (Å²) in [5, 5.41) is 3.40. The molecule has 0 radical (unpaired) electrons. The Labute approximate surface area is 99.0 Å². The molecule has 1 aromatic rings. The molecule has 90 valence electrons. The van der Waals surface area contributed by atoms with Crippen LogP contribution in [0.3, 0.4) is 0 Å². The fourth-order valence-corrected chi connectivity index (χ4v) is 1.46. The van der Waals surface area contributed by atoms with Crippen LogP contribution in [-0.4, -0.2) is 12.6 Å². The summed E-state index contributed by atoms with van der Waals surface area (Å²) >= 11 is 0. The van der Waals surface area contributed by atoms with Crippen LogP contribution in [0.25, 0.3) is 0 Å². The molecule has 2 nitrogen and oxygen atoms in total. The summed E-state index contributed by atoms with van der Waals surface area (Å²) in [4.78, 5) is 0. The molecule has 0 aliphatic carbocycles. The zero-order chi connectivity index (χ0) is 11.8. The van der Waals surface area contributed by atoms with Crippen LogP contribution in [0.4, 0.5) is 0 Å². The van der Waals surface area contributed by atoms with E-state index in [0.29, 0.717) is 0 Å². The minimum absolute atomic E-state index is 0.285. The highest BCUT2D eigenvalue weighted by atomic mass is 16.5. The van der Waals surface area contributed by atoms with Crippen LogP contribution in [-0.2, 0) is 6.54 Å². The number of hydrogen-bond donors (Lipinski definition) is 1. The second-order valence-corrected chi connectivity index (χ2v) is 4.12. The largest absolute Gasteiger partial charge is 0.490 e. The minimum Gasteiger partial charge on any atom is -0.490 e. The molecule has 0 heterocycles. The van der Waals surface area contributed by atoms with Gasteiger partial charge in [-0.15, -0.1) is 0 Å². The summed E-state index contributed by atoms with van der Waals surface area (Å²) in [5.74, 6) is 1.01. The minimum atomic E-state index is 0.285. The van der Waals surface area contributed by atoms with E-state index >= 15 is 0 Å². The Hall–Kier alpha value is -1.02. The van der Waals surface area contributed by atoms with Crippen LogP contribution in [0, 0.1) is 0 Å². The number of para-hydroxylation sites is 1. The van der Waals surface area contributed by atoms with E-state index in [1.54, 1.807) is 0 Å². The lowest BCUT2D eigenvalue weighted by Crippen LogP contribution is -2.16. The van der Waals surface area contributed by atoms with Crippen molar-refractivity contribution in [1.82, 2.24) is 5.32 Å². The van der Waals surface area contributed by atoms with Crippen LogP contribution in [0.5, 0.6) is 5.75 Å². The van der Waals surface area contributed by atoms with Gasteiger partial charge < -0.3 is 10.1 Å². The fraction of sp³-hybridized carbons (Fsp3) is 0.571. The zero-order valence-corrected chi connectivity index (χ0v) is 10.6. The maximum atomic E-state index is 5.89. The third-order valence-corrected chi connectivity index (χ3v) is 2.62. The maximum absolute atomic E-state index is 5.89. The fourth-order valence-electron chi connectivity index (χ4n) is 1.46. The average Bonchev–Trinajstić information content (AvgIpc) is 2.31. The lowest BCUT2D eigenvalue weighted by Gasteiger charge is -2.16. The number of hydrogen-bond acceptors (Lipinski definition) is 2. The van der Waals surface area contributed by atoms with Crippen molar-refractivity contribution >= 4 is 0 Å². The number of benzene rings is 1. The van der Waals surface area contributed by atoms with Crippen molar-refractivity contribution in [2.24, 2.45) is 0 Å². The molecule has 1 rings (SSSR count). The van der Waals surface area contributed by atoms with Crippen LogP contribution in [0.2, 0.25) is 0 Å². The summed E-state index contributed by atoms with van der Waals surface area (Å²) < 4.78 is 5.89. The summed E-state index contributed by atoms with van der Waals surface area (Å²) in [5.41, 5.74) is 1.25. The first kappa shape index (κ1) is 13.0. The van der Waals surface area contributed by atoms with Gasteiger partial charge in [-0.1, -0.05) is 32.0 Å². The molecule has 0 aliphatic heterocycles. The highest BCUT2D eigenvalue weighted by Crippen LogP contribution is 2.19. The zero-order valence-electron chi connectivity index (χ0n) is 10.6. The van der Waals surface area contributed by atoms with E-state index in [4.69, 9.17) is 4.74 Å². The molecule has 1 N–H and O–H groups in total. The van der Waals surface area contributed by atoms with Crippen LogP contribution < -0.4 is 10.1 Å². The third kappa shape index (κ3) is 4.23. The van der Waals surface area contributed by atoms with Crippen molar-refractivity contribution in [2.45, 2.75) is 46.3 Å². The number of nitrogens with one attached hydrogen (secondary N) is 1. The van der Waals surface area contributed by atoms with Crippen molar-refractivity contribution < 1.29 is 4.74 Å². The molecule has 0 saturated heterocycles. The first-order chi connectivity index (χ1) is 7.77. The summed E-state index contributed by atoms with van der Waals surface area (Å²) in [6.07, 6.45) is 2.48. The summed E-state index contributed by atoms with van der Waals surface area (Å²) in [6, 6.07) is 8.27. The second-order valence-electron chi connectivity index (χ2n) is 4.12. The van der Waals surface area contributed by atoms with Gasteiger partial charge in [-0.05, 0) is 32.4 Å². The maximum Gasteiger partial charge on any atom is 0.124 e. The standard InChI is InChI=1S/C14H23NO/c1-4-10-15-11-13-8-6-7-9-14(13)16-12(3)5-2/h6-9,12,15H,4-5,10-11H2,1-3H3. The van der Waals surface area contributed by atoms with Gasteiger partial charge in [0.15, 0.2) is 0 Å². The Morgan fingerprint density at radius 2 is 2.00 bits per heavy atom. The van der Waals surface area contributed by atoms with Gasteiger partial charge in [0, 0.05) is 12.1 Å². The van der Waals surface area contributed by atoms with E-state index in [0.717, 1.165) is 31.7 Å². The van der Waals surface area contributed by atoms with Gasteiger partial charge in [0.05, 0.1) is 6.10 Å². The molecule has 1 atom stereocenters. The van der Waals surface area contributed by atoms with E-state index in [1.807, 2.05) is 6.07 Å². The Balaban J connectivity index is 2.60. The van der Waals surface area contributed by atoms with Crippen LogP contribution in [0.15, 0.2) is 24.3 Å². The monoisotopic (exact) mass is 221 g/mol. The molecule has 1 unspecified atom stereocenters. The normalized spacial score (nSPS) is 12.4. The molecule has 2 heteroatoms. The Morgan fingerprint density at radius 3 is 2.69 bits per heavy atom. The molecular formula is C14H23NO. The molecule has 0 fully saturated rings. The molecule has 16 heavy (non-hydrogen) atoms. The van der Waals surface area contributed by atoms with E-state index in [9.17, 15) is 0 Å². The smallest absolute Gasteiger partial charge is 0.124 e. The highest BCUT2D eigenvalue weighted by molar-refractivity contribution is 5.33. The van der Waals surface area contributed by atoms with Crippen molar-refractivity contribution in [3.63, 3.8) is 0 Å².